The number of benzene rings is 1. The number of nitrogens with zero attached hydrogens (tertiary/aromatic N) is 1. The number of aryl methyl sites for hydroxylation is 1. The molecule has 1 fully saturated rings. The monoisotopic (exact) mass is 324 g/mol. The van der Waals surface area contributed by atoms with Gasteiger partial charge in [0, 0.05) is 12.6 Å². The molecule has 0 bridgehead atoms. The van der Waals surface area contributed by atoms with Crippen LogP contribution in [0.15, 0.2) is 29.2 Å². The third-order valence-electron chi connectivity index (χ3n) is 3.81. The van der Waals surface area contributed by atoms with Crippen LogP contribution in [0.3, 0.4) is 0 Å². The first-order chi connectivity index (χ1) is 10.3. The maximum atomic E-state index is 12.8. The molecule has 1 amide bonds. The summed E-state index contributed by atoms with van der Waals surface area (Å²) in [4.78, 5) is 12.6. The molecule has 122 valence electrons. The molecule has 0 aromatic heterocycles. The van der Waals surface area contributed by atoms with Gasteiger partial charge in [-0.05, 0) is 45.7 Å². The lowest BCUT2D eigenvalue weighted by Crippen LogP contribution is -2.52. The molecule has 6 heteroatoms. The van der Waals surface area contributed by atoms with E-state index in [9.17, 15) is 13.2 Å². The first-order valence-corrected chi connectivity index (χ1v) is 9.15. The van der Waals surface area contributed by atoms with Crippen LogP contribution in [-0.4, -0.2) is 37.3 Å². The molecular formula is C16H24N2O3S. The second kappa shape index (κ2) is 6.79. The van der Waals surface area contributed by atoms with Gasteiger partial charge in [-0.2, -0.15) is 4.31 Å². The minimum absolute atomic E-state index is 0.00152. The highest BCUT2D eigenvalue weighted by atomic mass is 32.2. The smallest absolute Gasteiger partial charge is 0.243 e. The highest BCUT2D eigenvalue weighted by Crippen LogP contribution is 2.25. The Morgan fingerprint density at radius 1 is 1.23 bits per heavy atom. The normalized spacial score (nSPS) is 20.1. The van der Waals surface area contributed by atoms with Crippen LogP contribution in [0.1, 0.15) is 38.7 Å². The maximum Gasteiger partial charge on any atom is 0.243 e. The van der Waals surface area contributed by atoms with Crippen LogP contribution in [0.2, 0.25) is 0 Å². The van der Waals surface area contributed by atoms with Gasteiger partial charge in [-0.1, -0.05) is 24.1 Å². The number of hydrogen-bond acceptors (Lipinski definition) is 3. The Labute approximate surface area is 132 Å². The molecule has 0 saturated carbocycles. The molecule has 5 nitrogen and oxygen atoms in total. The molecule has 1 aromatic rings. The highest BCUT2D eigenvalue weighted by Gasteiger charge is 2.37. The lowest BCUT2D eigenvalue weighted by molar-refractivity contribution is -0.126. The van der Waals surface area contributed by atoms with E-state index in [0.717, 1.165) is 18.4 Å². The fourth-order valence-corrected chi connectivity index (χ4v) is 4.34. The van der Waals surface area contributed by atoms with Crippen LogP contribution in [-0.2, 0) is 14.8 Å². The van der Waals surface area contributed by atoms with E-state index in [4.69, 9.17) is 0 Å². The van der Waals surface area contributed by atoms with Gasteiger partial charge in [0.25, 0.3) is 0 Å². The number of nitrogens with one attached hydrogen (secondary N) is 1. The van der Waals surface area contributed by atoms with E-state index in [2.05, 4.69) is 5.32 Å². The Kier molecular flexibility index (Phi) is 5.24. The summed E-state index contributed by atoms with van der Waals surface area (Å²) in [5.41, 5.74) is 1.01. The minimum Gasteiger partial charge on any atom is -0.353 e. The first-order valence-electron chi connectivity index (χ1n) is 7.71. The summed E-state index contributed by atoms with van der Waals surface area (Å²) in [6.07, 6.45) is 2.23. The van der Waals surface area contributed by atoms with E-state index < -0.39 is 16.1 Å². The van der Waals surface area contributed by atoms with Gasteiger partial charge in [0.05, 0.1) is 4.90 Å². The van der Waals surface area contributed by atoms with E-state index in [1.54, 1.807) is 24.3 Å². The van der Waals surface area contributed by atoms with Crippen molar-refractivity contribution in [2.45, 2.75) is 57.0 Å². The van der Waals surface area contributed by atoms with Crippen molar-refractivity contribution in [3.63, 3.8) is 0 Å². The Bertz CT molecular complexity index is 623. The molecular weight excluding hydrogens is 300 g/mol. The van der Waals surface area contributed by atoms with Crippen molar-refractivity contribution in [1.29, 1.82) is 0 Å². The summed E-state index contributed by atoms with van der Waals surface area (Å²) in [6.45, 7) is 6.06. The number of sulfonamides is 1. The molecule has 1 aliphatic heterocycles. The van der Waals surface area contributed by atoms with Crippen molar-refractivity contribution in [2.75, 3.05) is 6.54 Å². The number of piperidine rings is 1. The summed E-state index contributed by atoms with van der Waals surface area (Å²) in [7, 11) is -3.64. The Balaban J connectivity index is 2.29. The zero-order valence-electron chi connectivity index (χ0n) is 13.4. The molecule has 0 unspecified atom stereocenters. The third kappa shape index (κ3) is 3.67. The fourth-order valence-electron chi connectivity index (χ4n) is 2.68. The molecule has 0 aliphatic carbocycles. The average Bonchev–Trinajstić information content (AvgIpc) is 2.47. The average molecular weight is 324 g/mol. The maximum absolute atomic E-state index is 12.8. The van der Waals surface area contributed by atoms with Gasteiger partial charge >= 0.3 is 0 Å². The van der Waals surface area contributed by atoms with Crippen LogP contribution in [0.25, 0.3) is 0 Å². The van der Waals surface area contributed by atoms with Crippen molar-refractivity contribution in [2.24, 2.45) is 0 Å². The summed E-state index contributed by atoms with van der Waals surface area (Å²) in [5, 5.41) is 2.83. The zero-order valence-corrected chi connectivity index (χ0v) is 14.2. The predicted molar refractivity (Wildman–Crippen MR) is 86.0 cm³/mol. The molecule has 2 rings (SSSR count). The first kappa shape index (κ1) is 17.0. The third-order valence-corrected chi connectivity index (χ3v) is 5.74. The number of amides is 1. The highest BCUT2D eigenvalue weighted by molar-refractivity contribution is 7.89. The lowest BCUT2D eigenvalue weighted by Gasteiger charge is -2.34. The zero-order chi connectivity index (χ0) is 16.3. The molecule has 1 saturated heterocycles. The van der Waals surface area contributed by atoms with Crippen molar-refractivity contribution >= 4 is 15.9 Å². The predicted octanol–water partition coefficient (Wildman–Crippen LogP) is 2.06. The molecule has 1 aliphatic rings. The van der Waals surface area contributed by atoms with Crippen LogP contribution >= 0.6 is 0 Å². The summed E-state index contributed by atoms with van der Waals surface area (Å²) < 4.78 is 27.1. The fraction of sp³-hybridized carbons (Fsp3) is 0.562. The van der Waals surface area contributed by atoms with E-state index in [1.165, 1.54) is 4.31 Å². The van der Waals surface area contributed by atoms with Gasteiger partial charge in [-0.15, -0.1) is 0 Å². The van der Waals surface area contributed by atoms with Gasteiger partial charge < -0.3 is 5.32 Å². The van der Waals surface area contributed by atoms with E-state index in [1.807, 2.05) is 20.8 Å². The summed E-state index contributed by atoms with van der Waals surface area (Å²) in [6, 6.07) is 6.16. The van der Waals surface area contributed by atoms with Crippen molar-refractivity contribution in [3.8, 4) is 0 Å². The van der Waals surface area contributed by atoms with Gasteiger partial charge in [0.15, 0.2) is 0 Å². The van der Waals surface area contributed by atoms with Gasteiger partial charge in [-0.25, -0.2) is 8.42 Å². The van der Waals surface area contributed by atoms with Crippen molar-refractivity contribution in [1.82, 2.24) is 9.62 Å². The van der Waals surface area contributed by atoms with Crippen molar-refractivity contribution in [3.05, 3.63) is 29.8 Å². The number of hydrogen-bond donors (Lipinski definition) is 1. The largest absolute Gasteiger partial charge is 0.353 e. The number of carbonyl (C=O) groups is 1. The van der Waals surface area contributed by atoms with Gasteiger partial charge in [0.1, 0.15) is 6.04 Å². The number of rotatable bonds is 4. The van der Waals surface area contributed by atoms with Gasteiger partial charge in [-0.3, -0.25) is 4.79 Å². The van der Waals surface area contributed by atoms with E-state index >= 15 is 0 Å². The summed E-state index contributed by atoms with van der Waals surface area (Å²) in [5.74, 6) is -0.203. The molecule has 0 radical (unpaired) electrons. The molecule has 1 heterocycles. The lowest BCUT2D eigenvalue weighted by atomic mass is 10.0. The van der Waals surface area contributed by atoms with Crippen LogP contribution in [0.5, 0.6) is 0 Å². The SMILES string of the molecule is Cc1ccc(S(=O)(=O)N2CCCC[C@@H]2C(=O)NC(C)C)cc1. The Hall–Kier alpha value is -1.40. The second-order valence-electron chi connectivity index (χ2n) is 6.10. The van der Waals surface area contributed by atoms with Crippen LogP contribution in [0, 0.1) is 6.92 Å². The molecule has 0 spiro atoms. The second-order valence-corrected chi connectivity index (χ2v) is 7.99. The van der Waals surface area contributed by atoms with Gasteiger partial charge in [0.2, 0.25) is 15.9 Å². The van der Waals surface area contributed by atoms with Crippen molar-refractivity contribution < 1.29 is 13.2 Å². The van der Waals surface area contributed by atoms with E-state index in [0.29, 0.717) is 13.0 Å². The summed E-state index contributed by atoms with van der Waals surface area (Å²) >= 11 is 0. The quantitative estimate of drug-likeness (QED) is 0.922. The van der Waals surface area contributed by atoms with E-state index in [-0.39, 0.29) is 16.8 Å². The standard InChI is InChI=1S/C16H24N2O3S/c1-12(2)17-16(19)15-6-4-5-11-18(15)22(20,21)14-9-7-13(3)8-10-14/h7-10,12,15H,4-6,11H2,1-3H3,(H,17,19)/t15-/m1/s1. The molecule has 1 N–H and O–H groups in total. The molecule has 22 heavy (non-hydrogen) atoms. The molecule has 1 atom stereocenters. The van der Waals surface area contributed by atoms with Crippen LogP contribution in [0.4, 0.5) is 0 Å². The number of carbonyl (C=O) groups excluding carboxylic acids is 1. The minimum atomic E-state index is -3.64. The molecule has 1 aromatic carbocycles. The Morgan fingerprint density at radius 2 is 1.86 bits per heavy atom. The Morgan fingerprint density at radius 3 is 2.45 bits per heavy atom. The topological polar surface area (TPSA) is 66.5 Å². The van der Waals surface area contributed by atoms with Crippen LogP contribution < -0.4 is 5.32 Å².